The minimum Gasteiger partial charge on any atom is -0.465 e. The molecule has 0 spiro atoms. The molecule has 2 aromatic heterocycles. The first kappa shape index (κ1) is 21.4. The lowest BCUT2D eigenvalue weighted by molar-refractivity contribution is -0.0498. The van der Waals surface area contributed by atoms with E-state index in [-0.39, 0.29) is 11.4 Å². The standard InChI is InChI=1S/C20H19F2N3O4S/c1-9-14(18(27)28-4)10(2)23-15(9)17(26)25-20-24-16(11(3)30-20)12-5-7-13(8-6-12)29-19(21)22/h5-8,19,23H,1-4H3,(H,24,25,26). The van der Waals surface area contributed by atoms with Crippen LogP contribution in [0.25, 0.3) is 11.3 Å². The predicted molar refractivity (Wildman–Crippen MR) is 108 cm³/mol. The van der Waals surface area contributed by atoms with Crippen LogP contribution in [0, 0.1) is 20.8 Å². The number of hydrogen-bond donors (Lipinski definition) is 2. The number of H-pyrrole nitrogens is 1. The third kappa shape index (κ3) is 4.33. The largest absolute Gasteiger partial charge is 0.465 e. The Morgan fingerprint density at radius 3 is 2.43 bits per heavy atom. The lowest BCUT2D eigenvalue weighted by atomic mass is 10.1. The minimum absolute atomic E-state index is 0.0501. The third-order valence-corrected chi connectivity index (χ3v) is 5.31. The Hall–Kier alpha value is -3.27. The number of methoxy groups -OCH3 is 1. The van der Waals surface area contributed by atoms with Crippen molar-refractivity contribution in [3.8, 4) is 17.0 Å². The van der Waals surface area contributed by atoms with Crippen LogP contribution in [0.1, 0.15) is 37.0 Å². The summed E-state index contributed by atoms with van der Waals surface area (Å²) in [6, 6.07) is 6.09. The number of amides is 1. The first-order chi connectivity index (χ1) is 14.2. The van der Waals surface area contributed by atoms with Crippen molar-refractivity contribution in [2.75, 3.05) is 12.4 Å². The number of ether oxygens (including phenoxy) is 2. The highest BCUT2D eigenvalue weighted by molar-refractivity contribution is 7.16. The number of carbonyl (C=O) groups is 2. The van der Waals surface area contributed by atoms with Crippen LogP contribution in [0.3, 0.4) is 0 Å². The first-order valence-electron chi connectivity index (χ1n) is 8.82. The number of aromatic nitrogens is 2. The van der Waals surface area contributed by atoms with E-state index in [1.165, 1.54) is 30.6 Å². The van der Waals surface area contributed by atoms with Gasteiger partial charge in [0.1, 0.15) is 11.4 Å². The van der Waals surface area contributed by atoms with Gasteiger partial charge in [0.2, 0.25) is 0 Å². The van der Waals surface area contributed by atoms with Crippen LogP contribution in [-0.4, -0.2) is 35.6 Å². The smallest absolute Gasteiger partial charge is 0.387 e. The molecule has 10 heteroatoms. The second-order valence-electron chi connectivity index (χ2n) is 6.40. The highest BCUT2D eigenvalue weighted by Crippen LogP contribution is 2.32. The molecule has 158 valence electrons. The van der Waals surface area contributed by atoms with E-state index < -0.39 is 18.5 Å². The Bertz CT molecular complexity index is 1090. The molecule has 0 unspecified atom stereocenters. The van der Waals surface area contributed by atoms with Gasteiger partial charge in [-0.3, -0.25) is 10.1 Å². The number of aromatic amines is 1. The molecule has 0 aliphatic carbocycles. The number of esters is 1. The molecule has 3 rings (SSSR count). The summed E-state index contributed by atoms with van der Waals surface area (Å²) in [5.41, 5.74) is 2.91. The van der Waals surface area contributed by atoms with Crippen molar-refractivity contribution in [1.29, 1.82) is 0 Å². The molecule has 0 radical (unpaired) electrons. The second kappa shape index (κ2) is 8.62. The third-order valence-electron chi connectivity index (χ3n) is 4.42. The molecule has 0 saturated heterocycles. The highest BCUT2D eigenvalue weighted by atomic mass is 32.1. The maximum absolute atomic E-state index is 12.7. The minimum atomic E-state index is -2.89. The fraction of sp³-hybridized carbons (Fsp3) is 0.250. The number of rotatable bonds is 6. The zero-order chi connectivity index (χ0) is 22.0. The summed E-state index contributed by atoms with van der Waals surface area (Å²) in [6.45, 7) is 2.29. The Kier molecular flexibility index (Phi) is 6.16. The van der Waals surface area contributed by atoms with Crippen LogP contribution in [0.2, 0.25) is 0 Å². The van der Waals surface area contributed by atoms with E-state index in [0.29, 0.717) is 33.2 Å². The molecular weight excluding hydrogens is 416 g/mol. The maximum Gasteiger partial charge on any atom is 0.387 e. The summed E-state index contributed by atoms with van der Waals surface area (Å²) in [7, 11) is 1.28. The highest BCUT2D eigenvalue weighted by Gasteiger charge is 2.23. The Balaban J connectivity index is 1.81. The van der Waals surface area contributed by atoms with Crippen molar-refractivity contribution in [1.82, 2.24) is 9.97 Å². The number of nitrogens with one attached hydrogen (secondary N) is 2. The number of aryl methyl sites for hydroxylation is 2. The van der Waals surface area contributed by atoms with Crippen LogP contribution in [-0.2, 0) is 4.74 Å². The van der Waals surface area contributed by atoms with Gasteiger partial charge in [-0.05, 0) is 50.6 Å². The fourth-order valence-corrected chi connectivity index (χ4v) is 3.89. The lowest BCUT2D eigenvalue weighted by Crippen LogP contribution is -2.14. The van der Waals surface area contributed by atoms with Gasteiger partial charge in [-0.1, -0.05) is 0 Å². The van der Waals surface area contributed by atoms with Gasteiger partial charge in [0.05, 0.1) is 18.4 Å². The normalized spacial score (nSPS) is 10.9. The molecule has 1 amide bonds. The zero-order valence-electron chi connectivity index (χ0n) is 16.6. The molecule has 0 saturated carbocycles. The van der Waals surface area contributed by atoms with Crippen LogP contribution >= 0.6 is 11.3 Å². The molecule has 30 heavy (non-hydrogen) atoms. The monoisotopic (exact) mass is 435 g/mol. The van der Waals surface area contributed by atoms with E-state index >= 15 is 0 Å². The number of carbonyl (C=O) groups excluding carboxylic acids is 2. The van der Waals surface area contributed by atoms with Crippen molar-refractivity contribution in [2.24, 2.45) is 0 Å². The van der Waals surface area contributed by atoms with E-state index in [1.54, 1.807) is 26.0 Å². The van der Waals surface area contributed by atoms with E-state index in [1.807, 2.05) is 6.92 Å². The van der Waals surface area contributed by atoms with Crippen LogP contribution in [0.5, 0.6) is 5.75 Å². The molecule has 2 N–H and O–H groups in total. The Morgan fingerprint density at radius 2 is 1.83 bits per heavy atom. The van der Waals surface area contributed by atoms with Gasteiger partial charge >= 0.3 is 12.6 Å². The molecule has 1 aromatic carbocycles. The summed E-state index contributed by atoms with van der Waals surface area (Å²) in [4.78, 5) is 32.8. The summed E-state index contributed by atoms with van der Waals surface area (Å²) >= 11 is 1.27. The Morgan fingerprint density at radius 1 is 1.17 bits per heavy atom. The fourth-order valence-electron chi connectivity index (χ4n) is 3.06. The van der Waals surface area contributed by atoms with Crippen LogP contribution in [0.15, 0.2) is 24.3 Å². The molecule has 0 bridgehead atoms. The van der Waals surface area contributed by atoms with Gasteiger partial charge in [-0.15, -0.1) is 11.3 Å². The molecule has 0 atom stereocenters. The number of nitrogens with zero attached hydrogens (tertiary/aromatic N) is 1. The van der Waals surface area contributed by atoms with E-state index in [2.05, 4.69) is 20.0 Å². The van der Waals surface area contributed by atoms with Gasteiger partial charge in [-0.25, -0.2) is 9.78 Å². The molecule has 0 aliphatic heterocycles. The molecule has 0 aliphatic rings. The van der Waals surface area contributed by atoms with Gasteiger partial charge in [0, 0.05) is 16.1 Å². The zero-order valence-corrected chi connectivity index (χ0v) is 17.4. The van der Waals surface area contributed by atoms with E-state index in [0.717, 1.165) is 4.88 Å². The van der Waals surface area contributed by atoms with Crippen LogP contribution < -0.4 is 10.1 Å². The van der Waals surface area contributed by atoms with E-state index in [9.17, 15) is 18.4 Å². The second-order valence-corrected chi connectivity index (χ2v) is 7.60. The summed E-state index contributed by atoms with van der Waals surface area (Å²) in [5, 5.41) is 3.09. The van der Waals surface area contributed by atoms with Crippen molar-refractivity contribution in [3.63, 3.8) is 0 Å². The topological polar surface area (TPSA) is 93.3 Å². The number of anilines is 1. The number of benzene rings is 1. The van der Waals surface area contributed by atoms with Crippen molar-refractivity contribution < 1.29 is 27.8 Å². The summed E-state index contributed by atoms with van der Waals surface area (Å²) < 4.78 is 33.7. The van der Waals surface area contributed by atoms with Gasteiger partial charge in [-0.2, -0.15) is 8.78 Å². The van der Waals surface area contributed by atoms with E-state index in [4.69, 9.17) is 4.74 Å². The number of hydrogen-bond acceptors (Lipinski definition) is 6. The molecular formula is C20H19F2N3O4S. The lowest BCUT2D eigenvalue weighted by Gasteiger charge is -2.05. The van der Waals surface area contributed by atoms with Gasteiger partial charge in [0.15, 0.2) is 5.13 Å². The molecule has 3 aromatic rings. The summed E-state index contributed by atoms with van der Waals surface area (Å²) in [5.74, 6) is -0.909. The maximum atomic E-state index is 12.7. The quantitative estimate of drug-likeness (QED) is 0.547. The molecule has 7 nitrogen and oxygen atoms in total. The van der Waals surface area contributed by atoms with Gasteiger partial charge < -0.3 is 14.5 Å². The Labute approximate surface area is 175 Å². The SMILES string of the molecule is COC(=O)c1c(C)[nH]c(C(=O)Nc2nc(-c3ccc(OC(F)F)cc3)c(C)s2)c1C. The number of halogens is 2. The molecule has 2 heterocycles. The first-order valence-corrected chi connectivity index (χ1v) is 9.64. The summed E-state index contributed by atoms with van der Waals surface area (Å²) in [6.07, 6.45) is 0. The van der Waals surface area contributed by atoms with Crippen molar-refractivity contribution >= 4 is 28.3 Å². The van der Waals surface area contributed by atoms with Gasteiger partial charge in [0.25, 0.3) is 5.91 Å². The molecule has 0 fully saturated rings. The predicted octanol–water partition coefficient (Wildman–Crippen LogP) is 4.70. The number of thiazole rings is 1. The van der Waals surface area contributed by atoms with Crippen molar-refractivity contribution in [3.05, 3.63) is 51.7 Å². The number of alkyl halides is 2. The van der Waals surface area contributed by atoms with Crippen molar-refractivity contribution in [2.45, 2.75) is 27.4 Å². The van der Waals surface area contributed by atoms with Crippen LogP contribution in [0.4, 0.5) is 13.9 Å². The average Bonchev–Trinajstić information content (AvgIpc) is 3.20. The average molecular weight is 435 g/mol.